The molecule has 2 aromatic heterocycles. The van der Waals surface area contributed by atoms with Gasteiger partial charge in [0.15, 0.2) is 0 Å². The summed E-state index contributed by atoms with van der Waals surface area (Å²) in [6, 6.07) is 28.4. The zero-order valence-electron chi connectivity index (χ0n) is 26.0. The molecule has 0 aliphatic carbocycles. The summed E-state index contributed by atoms with van der Waals surface area (Å²) in [4.78, 5) is 9.27. The van der Waals surface area contributed by atoms with Crippen molar-refractivity contribution in [3.05, 3.63) is 108 Å². The van der Waals surface area contributed by atoms with Gasteiger partial charge in [-0.25, -0.2) is 4.98 Å². The van der Waals surface area contributed by atoms with Crippen LogP contribution in [0.3, 0.4) is 0 Å². The van der Waals surface area contributed by atoms with E-state index < -0.39 is 8.07 Å². The molecule has 0 atom stereocenters. The first-order chi connectivity index (χ1) is 19.9. The molecular formula is C36H37N4OPtSi-3. The van der Waals surface area contributed by atoms with Gasteiger partial charge in [0, 0.05) is 44.3 Å². The molecule has 5 nitrogen and oxygen atoms in total. The predicted molar refractivity (Wildman–Crippen MR) is 175 cm³/mol. The number of fused-ring (bicyclic) bond motifs is 6. The van der Waals surface area contributed by atoms with Gasteiger partial charge in [0.25, 0.3) is 0 Å². The second-order valence-corrected chi connectivity index (χ2v) is 18.7. The fourth-order valence-electron chi connectivity index (χ4n) is 6.35. The molecule has 3 aromatic carbocycles. The van der Waals surface area contributed by atoms with Gasteiger partial charge in [0.1, 0.15) is 5.82 Å². The molecule has 5 aromatic rings. The largest absolute Gasteiger partial charge is 0.510 e. The first-order valence-corrected chi connectivity index (χ1v) is 17.6. The Labute approximate surface area is 270 Å². The monoisotopic (exact) mass is 764 g/mol. The fourth-order valence-corrected chi connectivity index (χ4v) is 9.16. The Morgan fingerprint density at radius 3 is 2.42 bits per heavy atom. The molecule has 224 valence electrons. The van der Waals surface area contributed by atoms with Crippen molar-refractivity contribution >= 4 is 35.6 Å². The zero-order valence-corrected chi connectivity index (χ0v) is 29.3. The Morgan fingerprint density at radius 1 is 0.930 bits per heavy atom. The van der Waals surface area contributed by atoms with Crippen LogP contribution in [0.25, 0.3) is 27.6 Å². The molecule has 0 radical (unpaired) electrons. The maximum absolute atomic E-state index is 6.51. The van der Waals surface area contributed by atoms with Crippen molar-refractivity contribution in [1.82, 2.24) is 14.5 Å². The maximum atomic E-state index is 6.51. The average molecular weight is 765 g/mol. The molecule has 0 saturated carbocycles. The molecule has 4 heterocycles. The van der Waals surface area contributed by atoms with Gasteiger partial charge in [0.2, 0.25) is 0 Å². The minimum atomic E-state index is -1.80. The minimum absolute atomic E-state index is 0. The van der Waals surface area contributed by atoms with E-state index in [1.54, 1.807) is 0 Å². The minimum Gasteiger partial charge on any atom is -0.510 e. The summed E-state index contributed by atoms with van der Waals surface area (Å²) in [7, 11) is 0.300. The van der Waals surface area contributed by atoms with Crippen LogP contribution in [-0.4, -0.2) is 29.6 Å². The van der Waals surface area contributed by atoms with E-state index >= 15 is 0 Å². The molecule has 0 saturated heterocycles. The van der Waals surface area contributed by atoms with Crippen LogP contribution in [0.5, 0.6) is 11.5 Å². The van der Waals surface area contributed by atoms with Crippen LogP contribution in [0.2, 0.25) is 13.1 Å². The van der Waals surface area contributed by atoms with E-state index in [2.05, 4.69) is 149 Å². The molecule has 7 rings (SSSR count). The van der Waals surface area contributed by atoms with Gasteiger partial charge in [-0.05, 0) is 53.1 Å². The van der Waals surface area contributed by atoms with E-state index in [4.69, 9.17) is 9.72 Å². The third-order valence-corrected chi connectivity index (χ3v) is 14.6. The first kappa shape index (κ1) is 29.7. The Hall–Kier alpha value is -3.34. The number of anilines is 1. The molecule has 2 aliphatic heterocycles. The second kappa shape index (κ2) is 10.1. The van der Waals surface area contributed by atoms with Crippen LogP contribution < -0.4 is 9.64 Å². The summed E-state index contributed by atoms with van der Waals surface area (Å²) in [6.07, 6.45) is 4.18. The van der Waals surface area contributed by atoms with Gasteiger partial charge in [-0.15, -0.1) is 35.2 Å². The fraction of sp³-hybridized carbons (Fsp3) is 0.278. The van der Waals surface area contributed by atoms with Crippen molar-refractivity contribution < 1.29 is 25.8 Å². The molecule has 0 spiro atoms. The van der Waals surface area contributed by atoms with E-state index in [9.17, 15) is 0 Å². The summed E-state index contributed by atoms with van der Waals surface area (Å²) in [5, 5.41) is 3.74. The number of benzene rings is 3. The maximum Gasteiger partial charge on any atom is 0.135 e. The van der Waals surface area contributed by atoms with E-state index in [0.717, 1.165) is 27.9 Å². The van der Waals surface area contributed by atoms with Crippen LogP contribution in [-0.2, 0) is 31.5 Å². The Morgan fingerprint density at radius 2 is 1.65 bits per heavy atom. The van der Waals surface area contributed by atoms with Crippen molar-refractivity contribution in [2.45, 2.75) is 58.2 Å². The van der Waals surface area contributed by atoms with Crippen LogP contribution in [0.1, 0.15) is 45.7 Å². The van der Waals surface area contributed by atoms with Gasteiger partial charge in [-0.1, -0.05) is 82.2 Å². The molecule has 0 N–H and O–H groups in total. The van der Waals surface area contributed by atoms with Crippen LogP contribution in [0.4, 0.5) is 5.69 Å². The number of para-hydroxylation sites is 1. The molecule has 2 aliphatic rings. The zero-order chi connectivity index (χ0) is 29.6. The van der Waals surface area contributed by atoms with Crippen molar-refractivity contribution in [2.75, 3.05) is 11.9 Å². The summed E-state index contributed by atoms with van der Waals surface area (Å²) in [5.74, 6) is 2.21. The van der Waals surface area contributed by atoms with Gasteiger partial charge in [-0.3, -0.25) is 0 Å². The summed E-state index contributed by atoms with van der Waals surface area (Å²) in [6.45, 7) is 18.5. The third kappa shape index (κ3) is 4.57. The molecular weight excluding hydrogens is 728 g/mol. The number of hydrogen-bond acceptors (Lipinski definition) is 4. The van der Waals surface area contributed by atoms with Crippen molar-refractivity contribution in [3.63, 3.8) is 0 Å². The van der Waals surface area contributed by atoms with E-state index in [-0.39, 0.29) is 31.5 Å². The van der Waals surface area contributed by atoms with Gasteiger partial charge in [0.05, 0.1) is 8.07 Å². The number of hydrogen-bond donors (Lipinski definition) is 0. The van der Waals surface area contributed by atoms with Gasteiger partial charge in [-0.2, -0.15) is 18.8 Å². The first-order valence-electron chi connectivity index (χ1n) is 14.6. The molecule has 43 heavy (non-hydrogen) atoms. The summed E-state index contributed by atoms with van der Waals surface area (Å²) in [5.41, 5.74) is 5.68. The quantitative estimate of drug-likeness (QED) is 0.136. The normalized spacial score (nSPS) is 17.0. The molecule has 0 bridgehead atoms. The van der Waals surface area contributed by atoms with Crippen molar-refractivity contribution in [2.24, 2.45) is 0 Å². The number of pyridine rings is 1. The Balaban J connectivity index is 0.00000329. The van der Waals surface area contributed by atoms with Gasteiger partial charge >= 0.3 is 0 Å². The van der Waals surface area contributed by atoms with Crippen LogP contribution in [0, 0.1) is 18.8 Å². The predicted octanol–water partition coefficient (Wildman–Crippen LogP) is 8.66. The summed E-state index contributed by atoms with van der Waals surface area (Å²) >= 11 is 0. The van der Waals surface area contributed by atoms with Crippen LogP contribution in [0.15, 0.2) is 78.4 Å². The second-order valence-electron chi connectivity index (χ2n) is 13.7. The number of nitrogens with zero attached hydrogens (tertiary/aromatic N) is 4. The van der Waals surface area contributed by atoms with Gasteiger partial charge < -0.3 is 19.1 Å². The number of rotatable bonds is 3. The number of ether oxygens (including phenoxy) is 1. The summed E-state index contributed by atoms with van der Waals surface area (Å²) < 4.78 is 8.70. The van der Waals surface area contributed by atoms with Crippen LogP contribution >= 0.6 is 0 Å². The molecule has 0 fully saturated rings. The standard InChI is InChI=1S/C36H37N4OSi.Pt/c1-35(2,3)24-17-18-37-33(19-24)40-30-12-10-9-11-27(30)28-15-13-25(20-31(28)40)41-26-14-16-29-32(21-26)39-23-38(6)22-34(39)42(7,8)36(29,4)5;/h9-19,22-23H,1-8H3;/q-3;. The van der Waals surface area contributed by atoms with E-state index in [0.29, 0.717) is 11.5 Å². The average Bonchev–Trinajstić information content (AvgIpc) is 3.50. The van der Waals surface area contributed by atoms with Crippen molar-refractivity contribution in [3.8, 4) is 17.3 Å². The van der Waals surface area contributed by atoms with Crippen molar-refractivity contribution in [1.29, 1.82) is 0 Å². The topological polar surface area (TPSA) is 33.5 Å². The van der Waals surface area contributed by atoms with E-state index in [1.165, 1.54) is 21.8 Å². The Bertz CT molecular complexity index is 1920. The Kier molecular flexibility index (Phi) is 6.98. The number of aromatic nitrogens is 2. The SMILES string of the molecule is CN1C=C2N([CH-]1)c1[c-]c(Oc3[c-]c4c(cc3)c3ccccc3n4-c3cc(C(C)(C)C)ccn3)ccc1C(C)(C)[Si]2(C)C.[Pt]. The molecule has 0 unspecified atom stereocenters. The smallest absolute Gasteiger partial charge is 0.135 e. The third-order valence-electron chi connectivity index (χ3n) is 9.52. The molecule has 0 amide bonds. The van der Waals surface area contributed by atoms with E-state index in [1.807, 2.05) is 12.3 Å². The molecule has 7 heteroatoms.